The Morgan fingerprint density at radius 1 is 0.490 bits per heavy atom. The molecule has 6 aromatic rings. The van der Waals surface area contributed by atoms with Crippen LogP contribution in [-0.4, -0.2) is 0 Å². The van der Waals surface area contributed by atoms with Gasteiger partial charge in [-0.15, -0.1) is 0 Å². The van der Waals surface area contributed by atoms with Crippen molar-refractivity contribution in [3.8, 4) is 22.3 Å². The van der Waals surface area contributed by atoms with Crippen molar-refractivity contribution in [3.63, 3.8) is 0 Å². The van der Waals surface area contributed by atoms with Crippen LogP contribution in [0.2, 0.25) is 0 Å². The molecule has 1 fully saturated rings. The van der Waals surface area contributed by atoms with Crippen LogP contribution in [0.3, 0.4) is 0 Å². The molecule has 6 aliphatic carbocycles. The highest BCUT2D eigenvalue weighted by atomic mass is 15.1. The predicted molar refractivity (Wildman–Crippen MR) is 216 cm³/mol. The van der Waals surface area contributed by atoms with Crippen molar-refractivity contribution >= 4 is 17.1 Å². The van der Waals surface area contributed by atoms with Crippen molar-refractivity contribution in [1.29, 1.82) is 0 Å². The second-order valence-corrected chi connectivity index (χ2v) is 15.9. The van der Waals surface area contributed by atoms with E-state index in [1.54, 1.807) is 0 Å². The maximum Gasteiger partial charge on any atom is 0.0496 e. The molecule has 6 aliphatic rings. The lowest BCUT2D eigenvalue weighted by Gasteiger charge is -2.31. The van der Waals surface area contributed by atoms with Gasteiger partial charge in [-0.3, -0.25) is 0 Å². The van der Waals surface area contributed by atoms with Gasteiger partial charge in [-0.05, 0) is 142 Å². The van der Waals surface area contributed by atoms with Gasteiger partial charge in [0, 0.05) is 22.5 Å². The fraction of sp³-hybridized carbons (Fsp3) is 0.280. The molecule has 6 aromatic carbocycles. The maximum absolute atomic E-state index is 2.58. The van der Waals surface area contributed by atoms with Gasteiger partial charge in [-0.1, -0.05) is 137 Å². The summed E-state index contributed by atoms with van der Waals surface area (Å²) in [5.74, 6) is 0.686. The van der Waals surface area contributed by atoms with Crippen LogP contribution in [0.1, 0.15) is 97.2 Å². The largest absolute Gasteiger partial charge is 0.310 e. The van der Waals surface area contributed by atoms with E-state index in [4.69, 9.17) is 0 Å². The van der Waals surface area contributed by atoms with Crippen LogP contribution in [-0.2, 0) is 31.1 Å². The summed E-state index contributed by atoms with van der Waals surface area (Å²) < 4.78 is 0. The third-order valence-corrected chi connectivity index (χ3v) is 12.3. The first-order chi connectivity index (χ1) is 25.0. The van der Waals surface area contributed by atoms with Gasteiger partial charge in [0.1, 0.15) is 0 Å². The Morgan fingerprint density at radius 2 is 1.10 bits per heavy atom. The van der Waals surface area contributed by atoms with E-state index in [0.29, 0.717) is 5.92 Å². The minimum absolute atomic E-state index is 0.117. The molecule has 0 heterocycles. The van der Waals surface area contributed by atoms with Crippen LogP contribution in [0, 0.1) is 0 Å². The number of hydrogen-bond acceptors (Lipinski definition) is 1. The van der Waals surface area contributed by atoms with Gasteiger partial charge in [0.2, 0.25) is 0 Å². The average molecular weight is 664 g/mol. The Kier molecular flexibility index (Phi) is 8.39. The molecule has 4 bridgehead atoms. The van der Waals surface area contributed by atoms with Gasteiger partial charge in [0.25, 0.3) is 0 Å². The third-order valence-electron chi connectivity index (χ3n) is 12.3. The molecular weight excluding hydrogens is 615 g/mol. The Balaban J connectivity index is 1.16. The predicted octanol–water partition coefficient (Wildman–Crippen LogP) is 13.5. The van der Waals surface area contributed by atoms with Gasteiger partial charge in [-0.25, -0.2) is 0 Å². The summed E-state index contributed by atoms with van der Waals surface area (Å²) in [6.07, 6.45) is 12.3. The van der Waals surface area contributed by atoms with Crippen LogP contribution >= 0.6 is 0 Å². The van der Waals surface area contributed by atoms with Crippen molar-refractivity contribution in [2.24, 2.45) is 0 Å². The molecule has 1 nitrogen and oxygen atoms in total. The molecule has 0 aliphatic heterocycles. The molecule has 0 N–H and O–H groups in total. The van der Waals surface area contributed by atoms with Crippen molar-refractivity contribution < 1.29 is 0 Å². The van der Waals surface area contributed by atoms with E-state index in [-0.39, 0.29) is 5.41 Å². The standard InChI is InChI=1S/C50H49N/c1-50(2)47-33-42(39-12-8-5-9-13-39)26-30-45(47)46-31-29-44(34-48(46)50)51(43-27-24-40(25-28-43)38-10-6-3-4-7-11-38)49-32-37-19-18-35-14-16-36(17-15-35)20-22-41(49)23-21-37/h5,8-9,12-17,21,23-34,38H,3-4,6-7,10-11,18-20,22H2,1-2H3. The smallest absolute Gasteiger partial charge is 0.0496 e. The van der Waals surface area contributed by atoms with Gasteiger partial charge < -0.3 is 4.90 Å². The summed E-state index contributed by atoms with van der Waals surface area (Å²) in [6, 6.07) is 51.6. The Bertz CT molecular complexity index is 2160. The minimum atomic E-state index is -0.117. The van der Waals surface area contributed by atoms with Crippen LogP contribution in [0.5, 0.6) is 0 Å². The number of hydrogen-bond donors (Lipinski definition) is 0. The highest BCUT2D eigenvalue weighted by Crippen LogP contribution is 2.52. The lowest BCUT2D eigenvalue weighted by atomic mass is 9.81. The maximum atomic E-state index is 2.58. The van der Waals surface area contributed by atoms with Crippen molar-refractivity contribution in [2.45, 2.75) is 89.4 Å². The van der Waals surface area contributed by atoms with Gasteiger partial charge in [0.15, 0.2) is 0 Å². The lowest BCUT2D eigenvalue weighted by molar-refractivity contribution is 0.592. The summed E-state index contributed by atoms with van der Waals surface area (Å²) in [6.45, 7) is 4.83. The molecule has 254 valence electrons. The third kappa shape index (κ3) is 6.12. The molecule has 1 saturated carbocycles. The number of rotatable bonds is 5. The Morgan fingerprint density at radius 3 is 1.82 bits per heavy atom. The highest BCUT2D eigenvalue weighted by molar-refractivity contribution is 5.87. The van der Waals surface area contributed by atoms with Crippen molar-refractivity contribution in [3.05, 3.63) is 172 Å². The first kappa shape index (κ1) is 32.1. The molecular formula is C50H49N. The Labute approximate surface area is 305 Å². The van der Waals surface area contributed by atoms with Crippen LogP contribution in [0.25, 0.3) is 22.3 Å². The molecule has 12 rings (SSSR count). The molecule has 0 spiro atoms. The molecule has 0 saturated heterocycles. The monoisotopic (exact) mass is 663 g/mol. The molecule has 0 atom stereocenters. The fourth-order valence-electron chi connectivity index (χ4n) is 9.24. The number of aryl methyl sites for hydroxylation is 4. The van der Waals surface area contributed by atoms with E-state index in [1.165, 1.54) is 117 Å². The van der Waals surface area contributed by atoms with E-state index < -0.39 is 0 Å². The molecule has 0 unspecified atom stereocenters. The number of fused-ring (bicyclic) bond motifs is 3. The van der Waals surface area contributed by atoms with E-state index >= 15 is 0 Å². The second-order valence-electron chi connectivity index (χ2n) is 15.9. The molecule has 0 aromatic heterocycles. The van der Waals surface area contributed by atoms with Crippen molar-refractivity contribution in [1.82, 2.24) is 0 Å². The quantitative estimate of drug-likeness (QED) is 0.166. The summed E-state index contributed by atoms with van der Waals surface area (Å²) in [5, 5.41) is 0. The SMILES string of the molecule is CC1(C)c2cc(-c3ccccc3)ccc2-c2ccc(N(c3ccc(C4CCCCCC4)cc3)c3cc4ccc3CCc3ccc(cc3)CC4)cc21. The summed E-state index contributed by atoms with van der Waals surface area (Å²) in [5.41, 5.74) is 19.0. The zero-order valence-electron chi connectivity index (χ0n) is 30.3. The lowest BCUT2D eigenvalue weighted by Crippen LogP contribution is -2.17. The normalized spacial score (nSPS) is 16.5. The van der Waals surface area contributed by atoms with Gasteiger partial charge in [0.05, 0.1) is 0 Å². The van der Waals surface area contributed by atoms with E-state index in [1.807, 2.05) is 0 Å². The summed E-state index contributed by atoms with van der Waals surface area (Å²) >= 11 is 0. The summed E-state index contributed by atoms with van der Waals surface area (Å²) in [4.78, 5) is 2.58. The summed E-state index contributed by atoms with van der Waals surface area (Å²) in [7, 11) is 0. The van der Waals surface area contributed by atoms with E-state index in [9.17, 15) is 0 Å². The van der Waals surface area contributed by atoms with Crippen molar-refractivity contribution in [2.75, 3.05) is 4.90 Å². The first-order valence-electron chi connectivity index (χ1n) is 19.5. The topological polar surface area (TPSA) is 3.24 Å². The Hall–Kier alpha value is -4.88. The zero-order chi connectivity index (χ0) is 34.4. The number of benzene rings is 6. The highest BCUT2D eigenvalue weighted by Gasteiger charge is 2.36. The second kappa shape index (κ2) is 13.3. The molecule has 0 amide bonds. The van der Waals surface area contributed by atoms with E-state index in [0.717, 1.165) is 25.7 Å². The average Bonchev–Trinajstić information content (AvgIpc) is 3.33. The van der Waals surface area contributed by atoms with Gasteiger partial charge in [-0.2, -0.15) is 0 Å². The van der Waals surface area contributed by atoms with Gasteiger partial charge >= 0.3 is 0 Å². The van der Waals surface area contributed by atoms with Crippen LogP contribution in [0.15, 0.2) is 133 Å². The fourth-order valence-corrected chi connectivity index (χ4v) is 9.24. The molecule has 51 heavy (non-hydrogen) atoms. The van der Waals surface area contributed by atoms with Crippen LogP contribution < -0.4 is 4.90 Å². The first-order valence-corrected chi connectivity index (χ1v) is 19.5. The molecule has 1 heteroatoms. The number of anilines is 3. The minimum Gasteiger partial charge on any atom is -0.310 e. The van der Waals surface area contributed by atoms with E-state index in [2.05, 4.69) is 152 Å². The van der Waals surface area contributed by atoms with Crippen LogP contribution in [0.4, 0.5) is 17.1 Å². The zero-order valence-corrected chi connectivity index (χ0v) is 30.3. The number of nitrogens with zero attached hydrogens (tertiary/aromatic N) is 1. The molecule has 0 radical (unpaired) electrons.